The van der Waals surface area contributed by atoms with Gasteiger partial charge in [0.2, 0.25) is 0 Å². The van der Waals surface area contributed by atoms with Crippen LogP contribution >= 0.6 is 15.9 Å². The van der Waals surface area contributed by atoms with Crippen LogP contribution in [0.5, 0.6) is 5.75 Å². The Bertz CT molecular complexity index is 672. The lowest BCUT2D eigenvalue weighted by molar-refractivity contribution is -0.112. The molecule has 0 aliphatic carbocycles. The highest BCUT2D eigenvalue weighted by atomic mass is 79.9. The minimum Gasteiger partial charge on any atom is -0.493 e. The predicted molar refractivity (Wildman–Crippen MR) is 80.7 cm³/mol. The van der Waals surface area contributed by atoms with Gasteiger partial charge in [-0.15, -0.1) is 6.42 Å². The van der Waals surface area contributed by atoms with E-state index < -0.39 is 6.04 Å². The van der Waals surface area contributed by atoms with Gasteiger partial charge >= 0.3 is 0 Å². The highest BCUT2D eigenvalue weighted by molar-refractivity contribution is 9.10. The molecule has 0 fully saturated rings. The van der Waals surface area contributed by atoms with Crippen LogP contribution in [0.15, 0.2) is 27.1 Å². The van der Waals surface area contributed by atoms with Crippen molar-refractivity contribution in [1.82, 2.24) is 4.90 Å². The van der Waals surface area contributed by atoms with E-state index in [2.05, 4.69) is 21.9 Å². The molecule has 0 spiro atoms. The summed E-state index contributed by atoms with van der Waals surface area (Å²) in [5, 5.41) is 0.861. The Labute approximate surface area is 125 Å². The van der Waals surface area contributed by atoms with Gasteiger partial charge in [0.1, 0.15) is 18.1 Å². The number of hydrogen-bond acceptors (Lipinski definition) is 4. The molecular formula is C15H14BrNO3. The standard InChI is InChI=1S/C15H14BrNO3/c1-4-7-17(2)12(9-18)14-8-10-11(16)5-6-13(19-3)15(10)20-14/h1,5-6,8-9,12H,7H2,2-3H3. The van der Waals surface area contributed by atoms with Gasteiger partial charge < -0.3 is 13.9 Å². The fourth-order valence-electron chi connectivity index (χ4n) is 2.02. The zero-order valence-electron chi connectivity index (χ0n) is 11.2. The lowest BCUT2D eigenvalue weighted by Crippen LogP contribution is -2.25. The summed E-state index contributed by atoms with van der Waals surface area (Å²) in [5.41, 5.74) is 0.609. The molecule has 0 aliphatic rings. The lowest BCUT2D eigenvalue weighted by atomic mass is 10.2. The van der Waals surface area contributed by atoms with E-state index in [1.54, 1.807) is 25.1 Å². The Morgan fingerprint density at radius 3 is 2.95 bits per heavy atom. The highest BCUT2D eigenvalue weighted by Crippen LogP contribution is 2.36. The van der Waals surface area contributed by atoms with Crippen molar-refractivity contribution in [1.29, 1.82) is 0 Å². The molecule has 0 radical (unpaired) electrons. The number of fused-ring (bicyclic) bond motifs is 1. The number of halogens is 1. The van der Waals surface area contributed by atoms with Crippen LogP contribution in [-0.4, -0.2) is 31.9 Å². The summed E-state index contributed by atoms with van der Waals surface area (Å²) in [4.78, 5) is 13.1. The molecular weight excluding hydrogens is 322 g/mol. The van der Waals surface area contributed by atoms with E-state index in [-0.39, 0.29) is 0 Å². The van der Waals surface area contributed by atoms with Crippen LogP contribution in [0.4, 0.5) is 0 Å². The smallest absolute Gasteiger partial charge is 0.177 e. The second kappa shape index (κ2) is 6.12. The quantitative estimate of drug-likeness (QED) is 0.622. The first kappa shape index (κ1) is 14.6. The zero-order chi connectivity index (χ0) is 14.7. The Kier molecular flexibility index (Phi) is 4.48. The molecule has 104 valence electrons. The van der Waals surface area contributed by atoms with Crippen molar-refractivity contribution >= 4 is 33.2 Å². The largest absolute Gasteiger partial charge is 0.493 e. The topological polar surface area (TPSA) is 42.7 Å². The van der Waals surface area contributed by atoms with E-state index in [1.165, 1.54) is 0 Å². The number of methoxy groups -OCH3 is 1. The number of furan rings is 1. The molecule has 0 bridgehead atoms. The summed E-state index contributed by atoms with van der Waals surface area (Å²) < 4.78 is 11.9. The number of carbonyl (C=O) groups is 1. The third-order valence-electron chi connectivity index (χ3n) is 3.07. The third kappa shape index (κ3) is 2.58. The number of likely N-dealkylation sites (N-methyl/N-ethyl adjacent to an activating group) is 1. The van der Waals surface area contributed by atoms with Gasteiger partial charge in [0.25, 0.3) is 0 Å². The Morgan fingerprint density at radius 1 is 1.60 bits per heavy atom. The fourth-order valence-corrected chi connectivity index (χ4v) is 2.45. The summed E-state index contributed by atoms with van der Waals surface area (Å²) in [6, 6.07) is 4.99. The molecule has 0 saturated carbocycles. The van der Waals surface area contributed by atoms with Crippen LogP contribution in [0, 0.1) is 12.3 Å². The van der Waals surface area contributed by atoms with Gasteiger partial charge in [0, 0.05) is 9.86 Å². The molecule has 1 unspecified atom stereocenters. The van der Waals surface area contributed by atoms with Gasteiger partial charge in [-0.1, -0.05) is 21.9 Å². The average molecular weight is 336 g/mol. The minimum absolute atomic E-state index is 0.360. The van der Waals surface area contributed by atoms with E-state index >= 15 is 0 Å². The zero-order valence-corrected chi connectivity index (χ0v) is 12.8. The van der Waals surface area contributed by atoms with Crippen LogP contribution in [-0.2, 0) is 4.79 Å². The molecule has 0 aliphatic heterocycles. The van der Waals surface area contributed by atoms with E-state index in [4.69, 9.17) is 15.6 Å². The Balaban J connectivity index is 2.53. The van der Waals surface area contributed by atoms with Crippen molar-refractivity contribution in [3.05, 3.63) is 28.4 Å². The van der Waals surface area contributed by atoms with Gasteiger partial charge in [0.15, 0.2) is 11.3 Å². The molecule has 5 heteroatoms. The fraction of sp³-hybridized carbons (Fsp3) is 0.267. The van der Waals surface area contributed by atoms with E-state index in [0.29, 0.717) is 23.6 Å². The normalized spacial score (nSPS) is 12.3. The molecule has 2 rings (SSSR count). The molecule has 1 atom stereocenters. The first-order valence-corrected chi connectivity index (χ1v) is 6.76. The maximum absolute atomic E-state index is 11.3. The number of rotatable bonds is 5. The molecule has 4 nitrogen and oxygen atoms in total. The maximum atomic E-state index is 11.3. The van der Waals surface area contributed by atoms with Gasteiger partial charge in [-0.05, 0) is 25.2 Å². The van der Waals surface area contributed by atoms with Crippen molar-refractivity contribution in [2.24, 2.45) is 0 Å². The van der Waals surface area contributed by atoms with Crippen LogP contribution < -0.4 is 4.74 Å². The number of terminal acetylenes is 1. The summed E-state index contributed by atoms with van der Waals surface area (Å²) in [5.74, 6) is 3.67. The molecule has 1 heterocycles. The van der Waals surface area contributed by atoms with E-state index in [1.807, 2.05) is 12.1 Å². The van der Waals surface area contributed by atoms with Crippen LogP contribution in [0.2, 0.25) is 0 Å². The number of nitrogens with zero attached hydrogens (tertiary/aromatic N) is 1. The maximum Gasteiger partial charge on any atom is 0.177 e. The third-order valence-corrected chi connectivity index (χ3v) is 3.76. The summed E-state index contributed by atoms with van der Waals surface area (Å²) in [6.45, 7) is 0.360. The van der Waals surface area contributed by atoms with Crippen LogP contribution in [0.3, 0.4) is 0 Å². The van der Waals surface area contributed by atoms with E-state index in [9.17, 15) is 4.79 Å². The minimum atomic E-state index is -0.518. The first-order valence-electron chi connectivity index (χ1n) is 5.97. The van der Waals surface area contributed by atoms with Crippen molar-refractivity contribution in [2.75, 3.05) is 20.7 Å². The van der Waals surface area contributed by atoms with Crippen molar-refractivity contribution in [3.8, 4) is 18.1 Å². The number of benzene rings is 1. The van der Waals surface area contributed by atoms with Gasteiger partial charge in [0.05, 0.1) is 13.7 Å². The summed E-state index contributed by atoms with van der Waals surface area (Å²) >= 11 is 3.46. The van der Waals surface area contributed by atoms with Gasteiger partial charge in [-0.2, -0.15) is 0 Å². The lowest BCUT2D eigenvalue weighted by Gasteiger charge is -2.18. The average Bonchev–Trinajstić information content (AvgIpc) is 2.86. The van der Waals surface area contributed by atoms with Crippen molar-refractivity contribution < 1.29 is 13.9 Å². The molecule has 0 N–H and O–H groups in total. The predicted octanol–water partition coefficient (Wildman–Crippen LogP) is 3.01. The molecule has 2 aromatic rings. The molecule has 0 amide bonds. The second-order valence-corrected chi connectivity index (χ2v) is 5.20. The van der Waals surface area contributed by atoms with Crippen LogP contribution in [0.1, 0.15) is 11.8 Å². The Hall–Kier alpha value is -1.77. The van der Waals surface area contributed by atoms with Gasteiger partial charge in [-0.3, -0.25) is 4.90 Å². The SMILES string of the molecule is C#CCN(C)C(C=O)c1cc2c(Br)ccc(OC)c2o1. The first-order chi connectivity index (χ1) is 9.62. The van der Waals surface area contributed by atoms with Crippen LogP contribution in [0.25, 0.3) is 11.0 Å². The van der Waals surface area contributed by atoms with E-state index in [0.717, 1.165) is 16.1 Å². The molecule has 1 aromatic heterocycles. The number of aldehydes is 1. The van der Waals surface area contributed by atoms with Crippen molar-refractivity contribution in [2.45, 2.75) is 6.04 Å². The van der Waals surface area contributed by atoms with Gasteiger partial charge in [-0.25, -0.2) is 0 Å². The monoisotopic (exact) mass is 335 g/mol. The Morgan fingerprint density at radius 2 is 2.35 bits per heavy atom. The number of carbonyl (C=O) groups excluding carboxylic acids is 1. The van der Waals surface area contributed by atoms with Crippen molar-refractivity contribution in [3.63, 3.8) is 0 Å². The molecule has 0 saturated heterocycles. The second-order valence-electron chi connectivity index (χ2n) is 4.34. The molecule has 20 heavy (non-hydrogen) atoms. The summed E-state index contributed by atoms with van der Waals surface area (Å²) in [7, 11) is 3.35. The highest BCUT2D eigenvalue weighted by Gasteiger charge is 2.22. The number of ether oxygens (including phenoxy) is 1. The summed E-state index contributed by atoms with van der Waals surface area (Å²) in [6.07, 6.45) is 6.09. The number of hydrogen-bond donors (Lipinski definition) is 0. The molecule has 1 aromatic carbocycles.